The highest BCUT2D eigenvalue weighted by Crippen LogP contribution is 2.40. The van der Waals surface area contributed by atoms with Crippen molar-refractivity contribution >= 4 is 7.82 Å². The maximum Gasteiger partial charge on any atom is 0.472 e. The standard InChI is InChI=1S/C18H37O9P/c1-2-3-4-5-6-7-8-9-10-11-12-25-17-15(20)14(13-19)26-18(16(17)21)27-28(22,23)24/h14-21H,2-13H2,1H3,(H2,22,23,24)/t14-,15-,16-,17+,18-/m1/s1. The summed E-state index contributed by atoms with van der Waals surface area (Å²) in [7, 11) is -4.92. The van der Waals surface area contributed by atoms with Gasteiger partial charge in [-0.05, 0) is 6.42 Å². The van der Waals surface area contributed by atoms with Crippen LogP contribution in [-0.2, 0) is 18.6 Å². The van der Waals surface area contributed by atoms with Crippen molar-refractivity contribution < 1.29 is 43.7 Å². The monoisotopic (exact) mass is 428 g/mol. The molecule has 0 aromatic heterocycles. The molecule has 5 N–H and O–H groups in total. The Morgan fingerprint density at radius 2 is 1.43 bits per heavy atom. The van der Waals surface area contributed by atoms with Crippen molar-refractivity contribution in [2.75, 3.05) is 13.2 Å². The quantitative estimate of drug-likeness (QED) is 0.195. The molecule has 1 aliphatic rings. The van der Waals surface area contributed by atoms with E-state index < -0.39 is 45.1 Å². The minimum absolute atomic E-state index is 0.274. The van der Waals surface area contributed by atoms with Crippen LogP contribution in [0.5, 0.6) is 0 Å². The number of unbranched alkanes of at least 4 members (excludes halogenated alkanes) is 9. The minimum atomic E-state index is -4.92. The van der Waals surface area contributed by atoms with Crippen LogP contribution >= 0.6 is 7.82 Å². The predicted octanol–water partition coefficient (Wildman–Crippen LogP) is 1.84. The first kappa shape index (κ1) is 25.9. The topological polar surface area (TPSA) is 146 Å². The molecule has 1 heterocycles. The number of hydrogen-bond donors (Lipinski definition) is 5. The van der Waals surface area contributed by atoms with E-state index in [0.29, 0.717) is 0 Å². The fourth-order valence-corrected chi connectivity index (χ4v) is 3.73. The Hall–Kier alpha value is -0.0900. The Labute approximate surface area is 167 Å². The first-order chi connectivity index (χ1) is 13.3. The highest BCUT2D eigenvalue weighted by atomic mass is 31.2. The summed E-state index contributed by atoms with van der Waals surface area (Å²) in [5.74, 6) is 0. The molecule has 0 aromatic carbocycles. The molecule has 0 saturated carbocycles. The van der Waals surface area contributed by atoms with Crippen LogP contribution in [0.2, 0.25) is 0 Å². The molecule has 1 fully saturated rings. The van der Waals surface area contributed by atoms with Crippen molar-refractivity contribution in [3.05, 3.63) is 0 Å². The zero-order chi connectivity index (χ0) is 21.0. The Balaban J connectivity index is 2.27. The molecule has 28 heavy (non-hydrogen) atoms. The van der Waals surface area contributed by atoms with Gasteiger partial charge in [0.1, 0.15) is 24.4 Å². The van der Waals surface area contributed by atoms with Gasteiger partial charge in [-0.25, -0.2) is 4.57 Å². The molecule has 5 atom stereocenters. The second-order valence-electron chi connectivity index (χ2n) is 7.32. The molecule has 1 saturated heterocycles. The summed E-state index contributed by atoms with van der Waals surface area (Å²) in [6.07, 6.45) is 4.63. The van der Waals surface area contributed by atoms with Gasteiger partial charge in [-0.15, -0.1) is 0 Å². The Bertz CT molecular complexity index is 445. The Morgan fingerprint density at radius 3 is 1.93 bits per heavy atom. The number of ether oxygens (including phenoxy) is 2. The summed E-state index contributed by atoms with van der Waals surface area (Å²) in [6.45, 7) is 1.87. The number of hydrogen-bond acceptors (Lipinski definition) is 7. The van der Waals surface area contributed by atoms with Gasteiger partial charge in [0.2, 0.25) is 0 Å². The molecule has 1 rings (SSSR count). The van der Waals surface area contributed by atoms with Crippen molar-refractivity contribution in [1.29, 1.82) is 0 Å². The summed E-state index contributed by atoms with van der Waals surface area (Å²) < 4.78 is 26.0. The number of phosphoric ester groups is 1. The summed E-state index contributed by atoms with van der Waals surface area (Å²) in [5, 5.41) is 29.6. The van der Waals surface area contributed by atoms with Gasteiger partial charge in [-0.3, -0.25) is 4.52 Å². The van der Waals surface area contributed by atoms with Crippen molar-refractivity contribution in [2.45, 2.75) is 102 Å². The number of aliphatic hydroxyl groups excluding tert-OH is 3. The van der Waals surface area contributed by atoms with Gasteiger partial charge in [0.05, 0.1) is 6.61 Å². The van der Waals surface area contributed by atoms with Gasteiger partial charge in [0, 0.05) is 6.61 Å². The van der Waals surface area contributed by atoms with E-state index in [-0.39, 0.29) is 6.61 Å². The van der Waals surface area contributed by atoms with Crippen molar-refractivity contribution in [3.63, 3.8) is 0 Å². The van der Waals surface area contributed by atoms with E-state index in [2.05, 4.69) is 11.4 Å². The molecule has 0 radical (unpaired) electrons. The molecule has 10 heteroatoms. The Morgan fingerprint density at radius 1 is 0.893 bits per heavy atom. The summed E-state index contributed by atoms with van der Waals surface area (Å²) >= 11 is 0. The molecule has 0 aromatic rings. The van der Waals surface area contributed by atoms with Crippen LogP contribution in [0.4, 0.5) is 0 Å². The lowest BCUT2D eigenvalue weighted by Crippen LogP contribution is -2.59. The van der Waals surface area contributed by atoms with Gasteiger partial charge in [0.25, 0.3) is 0 Å². The molecule has 168 valence electrons. The van der Waals surface area contributed by atoms with Crippen LogP contribution < -0.4 is 0 Å². The van der Waals surface area contributed by atoms with Crippen LogP contribution in [0, 0.1) is 0 Å². The Kier molecular flexibility index (Phi) is 13.0. The van der Waals surface area contributed by atoms with E-state index in [1.807, 2.05) is 0 Å². The molecule has 0 bridgehead atoms. The van der Waals surface area contributed by atoms with E-state index in [1.165, 1.54) is 44.9 Å². The second-order valence-corrected chi connectivity index (χ2v) is 8.51. The van der Waals surface area contributed by atoms with Crippen molar-refractivity contribution in [3.8, 4) is 0 Å². The largest absolute Gasteiger partial charge is 0.472 e. The second kappa shape index (κ2) is 14.0. The molecule has 0 unspecified atom stereocenters. The first-order valence-corrected chi connectivity index (χ1v) is 11.8. The molecule has 0 aliphatic carbocycles. The minimum Gasteiger partial charge on any atom is -0.394 e. The van der Waals surface area contributed by atoms with Crippen LogP contribution in [0.25, 0.3) is 0 Å². The highest BCUT2D eigenvalue weighted by molar-refractivity contribution is 7.46. The van der Waals surface area contributed by atoms with E-state index in [0.717, 1.165) is 19.3 Å². The van der Waals surface area contributed by atoms with Crippen molar-refractivity contribution in [1.82, 2.24) is 0 Å². The van der Waals surface area contributed by atoms with Crippen LogP contribution in [0.15, 0.2) is 0 Å². The van der Waals surface area contributed by atoms with Crippen molar-refractivity contribution in [2.24, 2.45) is 0 Å². The fraction of sp³-hybridized carbons (Fsp3) is 1.00. The third kappa shape index (κ3) is 10.1. The predicted molar refractivity (Wildman–Crippen MR) is 102 cm³/mol. The zero-order valence-corrected chi connectivity index (χ0v) is 17.6. The van der Waals surface area contributed by atoms with Gasteiger partial charge in [-0.2, -0.15) is 0 Å². The number of phosphoric acid groups is 1. The van der Waals surface area contributed by atoms with Gasteiger partial charge >= 0.3 is 7.82 Å². The molecular weight excluding hydrogens is 391 g/mol. The number of rotatable bonds is 15. The number of aliphatic hydroxyl groups is 3. The molecule has 0 amide bonds. The summed E-state index contributed by atoms with van der Waals surface area (Å²) in [5.41, 5.74) is 0. The molecule has 1 aliphatic heterocycles. The van der Waals surface area contributed by atoms with Gasteiger partial charge in [-0.1, -0.05) is 64.7 Å². The van der Waals surface area contributed by atoms with Gasteiger partial charge in [0.15, 0.2) is 6.29 Å². The van der Waals surface area contributed by atoms with Crippen LogP contribution in [0.1, 0.15) is 71.1 Å². The smallest absolute Gasteiger partial charge is 0.394 e. The SMILES string of the molecule is CCCCCCCCCCCCO[C@@H]1[C@@H](O)[C@@H](OP(=O)(O)O)O[C@H](CO)[C@H]1O. The van der Waals surface area contributed by atoms with Gasteiger partial charge < -0.3 is 34.6 Å². The van der Waals surface area contributed by atoms with E-state index in [4.69, 9.17) is 19.3 Å². The molecule has 9 nitrogen and oxygen atoms in total. The van der Waals surface area contributed by atoms with E-state index in [1.54, 1.807) is 0 Å². The highest BCUT2D eigenvalue weighted by Gasteiger charge is 2.47. The first-order valence-electron chi connectivity index (χ1n) is 10.3. The maximum absolute atomic E-state index is 11.0. The third-order valence-corrected chi connectivity index (χ3v) is 5.35. The summed E-state index contributed by atoms with van der Waals surface area (Å²) in [6, 6.07) is 0. The molecular formula is C18H37O9P. The van der Waals surface area contributed by atoms with E-state index in [9.17, 15) is 19.9 Å². The molecule has 0 spiro atoms. The zero-order valence-electron chi connectivity index (χ0n) is 16.7. The lowest BCUT2D eigenvalue weighted by atomic mass is 9.99. The average molecular weight is 428 g/mol. The van der Waals surface area contributed by atoms with Crippen LogP contribution in [0.3, 0.4) is 0 Å². The lowest BCUT2D eigenvalue weighted by molar-refractivity contribution is -0.288. The third-order valence-electron chi connectivity index (χ3n) is 4.87. The summed E-state index contributed by atoms with van der Waals surface area (Å²) in [4.78, 5) is 17.8. The lowest BCUT2D eigenvalue weighted by Gasteiger charge is -2.41. The maximum atomic E-state index is 11.0. The normalized spacial score (nSPS) is 28.6. The average Bonchev–Trinajstić information content (AvgIpc) is 2.63. The fourth-order valence-electron chi connectivity index (χ4n) is 3.28. The van der Waals surface area contributed by atoms with Crippen LogP contribution in [-0.4, -0.2) is 69.0 Å². The van der Waals surface area contributed by atoms with E-state index >= 15 is 0 Å².